The largest absolute Gasteiger partial charge is 0.352 e. The first-order valence-corrected chi connectivity index (χ1v) is 9.39. The highest BCUT2D eigenvalue weighted by Crippen LogP contribution is 2.29. The molecule has 1 aromatic carbocycles. The minimum Gasteiger partial charge on any atom is -0.352 e. The van der Waals surface area contributed by atoms with Gasteiger partial charge in [-0.15, -0.1) is 0 Å². The lowest BCUT2D eigenvalue weighted by molar-refractivity contribution is 0.0951. The second-order valence-corrected chi connectivity index (χ2v) is 7.26. The van der Waals surface area contributed by atoms with Crippen LogP contribution in [0, 0.1) is 0 Å². The van der Waals surface area contributed by atoms with E-state index in [0.717, 1.165) is 26.4 Å². The third-order valence-corrected chi connectivity index (χ3v) is 4.96. The van der Waals surface area contributed by atoms with Crippen LogP contribution in [0.2, 0.25) is 0 Å². The summed E-state index contributed by atoms with van der Waals surface area (Å²) in [6.45, 7) is 0.570. The first-order valence-electron chi connectivity index (χ1n) is 7.78. The Morgan fingerprint density at radius 3 is 2.72 bits per heavy atom. The average molecular weight is 414 g/mol. The first-order chi connectivity index (χ1) is 12.2. The molecule has 2 aromatic heterocycles. The predicted molar refractivity (Wildman–Crippen MR) is 103 cm³/mol. The van der Waals surface area contributed by atoms with Crippen LogP contribution in [0.4, 0.5) is 0 Å². The molecule has 0 atom stereocenters. The Bertz CT molecular complexity index is 841. The Kier molecular flexibility index (Phi) is 6.19. The summed E-state index contributed by atoms with van der Waals surface area (Å²) in [4.78, 5) is 21.9. The summed E-state index contributed by atoms with van der Waals surface area (Å²) in [5.74, 6) is -0.0795. The van der Waals surface area contributed by atoms with E-state index in [1.165, 1.54) is 11.8 Å². The quantitative estimate of drug-likeness (QED) is 0.651. The molecular weight excluding hydrogens is 398 g/mol. The van der Waals surface area contributed by atoms with Gasteiger partial charge in [0.2, 0.25) is 0 Å². The van der Waals surface area contributed by atoms with Crippen molar-refractivity contribution in [3.63, 3.8) is 0 Å². The molecule has 2 heterocycles. The van der Waals surface area contributed by atoms with Crippen LogP contribution in [0.1, 0.15) is 15.9 Å². The third-order valence-electron chi connectivity index (χ3n) is 3.47. The Morgan fingerprint density at radius 1 is 1.08 bits per heavy atom. The molecule has 0 aliphatic heterocycles. The molecule has 0 spiro atoms. The smallest absolute Gasteiger partial charge is 0.252 e. The number of nitrogens with zero attached hydrogens (tertiary/aromatic N) is 2. The Hall–Kier alpha value is -2.18. The molecule has 126 valence electrons. The maximum Gasteiger partial charge on any atom is 0.252 e. The van der Waals surface area contributed by atoms with Gasteiger partial charge in [-0.25, -0.2) is 4.98 Å². The molecular formula is C19H16BrN3OS. The van der Waals surface area contributed by atoms with Crippen molar-refractivity contribution < 1.29 is 4.79 Å². The molecule has 0 radical (unpaired) electrons. The lowest BCUT2D eigenvalue weighted by atomic mass is 10.2. The van der Waals surface area contributed by atoms with Crippen molar-refractivity contribution in [1.82, 2.24) is 15.3 Å². The normalized spacial score (nSPS) is 10.4. The zero-order chi connectivity index (χ0) is 17.5. The number of hydrogen-bond acceptors (Lipinski definition) is 4. The number of carbonyl (C=O) groups excluding carboxylic acids is 1. The molecule has 6 heteroatoms. The highest BCUT2D eigenvalue weighted by atomic mass is 79.9. The number of nitrogens with one attached hydrogen (secondary N) is 1. The molecule has 3 rings (SSSR count). The summed E-state index contributed by atoms with van der Waals surface area (Å²) >= 11 is 4.85. The first kappa shape index (κ1) is 17.6. The van der Waals surface area contributed by atoms with Gasteiger partial charge in [-0.1, -0.05) is 30.0 Å². The van der Waals surface area contributed by atoms with Crippen LogP contribution >= 0.6 is 27.7 Å². The monoisotopic (exact) mass is 413 g/mol. The molecule has 0 aliphatic carbocycles. The van der Waals surface area contributed by atoms with Gasteiger partial charge in [0.15, 0.2) is 0 Å². The number of pyridine rings is 2. The van der Waals surface area contributed by atoms with E-state index in [9.17, 15) is 4.79 Å². The fourth-order valence-electron chi connectivity index (χ4n) is 2.24. The third kappa shape index (κ3) is 5.14. The second kappa shape index (κ2) is 8.78. The van der Waals surface area contributed by atoms with Crippen LogP contribution in [0.15, 0.2) is 81.5 Å². The van der Waals surface area contributed by atoms with Crippen LogP contribution in [0.3, 0.4) is 0 Å². The molecule has 0 saturated heterocycles. The maximum atomic E-state index is 12.5. The van der Waals surface area contributed by atoms with Gasteiger partial charge in [-0.3, -0.25) is 9.78 Å². The number of rotatable bonds is 6. The Morgan fingerprint density at radius 2 is 1.96 bits per heavy atom. The molecule has 0 unspecified atom stereocenters. The van der Waals surface area contributed by atoms with Crippen LogP contribution in [-0.2, 0) is 6.42 Å². The van der Waals surface area contributed by atoms with Crippen molar-refractivity contribution in [3.05, 3.63) is 82.7 Å². The SMILES string of the molecule is O=C(NCCc1cccnc1)c1ccccc1Sc1ccc(Br)cn1. The van der Waals surface area contributed by atoms with E-state index in [1.54, 1.807) is 12.4 Å². The maximum absolute atomic E-state index is 12.5. The number of carbonyl (C=O) groups is 1. The second-order valence-electron chi connectivity index (χ2n) is 5.28. The van der Waals surface area contributed by atoms with Gasteiger partial charge in [-0.05, 0) is 58.2 Å². The van der Waals surface area contributed by atoms with Crippen molar-refractivity contribution in [2.24, 2.45) is 0 Å². The van der Waals surface area contributed by atoms with Gasteiger partial charge >= 0.3 is 0 Å². The van der Waals surface area contributed by atoms with Gasteiger partial charge < -0.3 is 5.32 Å². The van der Waals surface area contributed by atoms with E-state index < -0.39 is 0 Å². The highest BCUT2D eigenvalue weighted by molar-refractivity contribution is 9.10. The lowest BCUT2D eigenvalue weighted by Crippen LogP contribution is -2.26. The number of amides is 1. The van der Waals surface area contributed by atoms with E-state index in [-0.39, 0.29) is 5.91 Å². The summed E-state index contributed by atoms with van der Waals surface area (Å²) in [6, 6.07) is 15.3. The molecule has 1 amide bonds. The summed E-state index contributed by atoms with van der Waals surface area (Å²) in [5, 5.41) is 3.82. The van der Waals surface area contributed by atoms with Crippen molar-refractivity contribution in [3.8, 4) is 0 Å². The minimum absolute atomic E-state index is 0.0795. The zero-order valence-electron chi connectivity index (χ0n) is 13.4. The molecule has 0 aliphatic rings. The van der Waals surface area contributed by atoms with Crippen LogP contribution in [0.5, 0.6) is 0 Å². The van der Waals surface area contributed by atoms with Crippen LogP contribution in [-0.4, -0.2) is 22.4 Å². The van der Waals surface area contributed by atoms with Gasteiger partial charge in [-0.2, -0.15) is 0 Å². The highest BCUT2D eigenvalue weighted by Gasteiger charge is 2.12. The van der Waals surface area contributed by atoms with Crippen molar-refractivity contribution >= 4 is 33.6 Å². The van der Waals surface area contributed by atoms with Gasteiger partial charge in [0.05, 0.1) is 5.56 Å². The minimum atomic E-state index is -0.0795. The summed E-state index contributed by atoms with van der Waals surface area (Å²) < 4.78 is 0.929. The van der Waals surface area contributed by atoms with E-state index in [1.807, 2.05) is 54.7 Å². The molecule has 1 N–H and O–H groups in total. The predicted octanol–water partition coefficient (Wildman–Crippen LogP) is 4.36. The molecule has 3 aromatic rings. The average Bonchev–Trinajstić information content (AvgIpc) is 2.65. The number of hydrogen-bond donors (Lipinski definition) is 1. The molecule has 0 fully saturated rings. The summed E-state index contributed by atoms with van der Waals surface area (Å²) in [7, 11) is 0. The Balaban J connectivity index is 1.65. The Labute approximate surface area is 159 Å². The zero-order valence-corrected chi connectivity index (χ0v) is 15.8. The fourth-order valence-corrected chi connectivity index (χ4v) is 3.36. The topological polar surface area (TPSA) is 54.9 Å². The van der Waals surface area contributed by atoms with E-state index in [0.29, 0.717) is 12.1 Å². The molecule has 0 saturated carbocycles. The van der Waals surface area contributed by atoms with E-state index in [2.05, 4.69) is 31.2 Å². The summed E-state index contributed by atoms with van der Waals surface area (Å²) in [6.07, 6.45) is 6.06. The number of benzene rings is 1. The van der Waals surface area contributed by atoms with Crippen molar-refractivity contribution in [2.75, 3.05) is 6.54 Å². The van der Waals surface area contributed by atoms with Crippen LogP contribution in [0.25, 0.3) is 0 Å². The molecule has 4 nitrogen and oxygen atoms in total. The van der Waals surface area contributed by atoms with Gasteiger partial charge in [0, 0.05) is 34.5 Å². The van der Waals surface area contributed by atoms with Gasteiger partial charge in [0.25, 0.3) is 5.91 Å². The van der Waals surface area contributed by atoms with Crippen molar-refractivity contribution in [1.29, 1.82) is 0 Å². The fraction of sp³-hybridized carbons (Fsp3) is 0.105. The van der Waals surface area contributed by atoms with E-state index >= 15 is 0 Å². The van der Waals surface area contributed by atoms with Crippen molar-refractivity contribution in [2.45, 2.75) is 16.3 Å². The summed E-state index contributed by atoms with van der Waals surface area (Å²) in [5.41, 5.74) is 1.76. The number of halogens is 1. The van der Waals surface area contributed by atoms with E-state index in [4.69, 9.17) is 0 Å². The lowest BCUT2D eigenvalue weighted by Gasteiger charge is -2.09. The van der Waals surface area contributed by atoms with Crippen LogP contribution < -0.4 is 5.32 Å². The molecule has 0 bridgehead atoms. The number of aromatic nitrogens is 2. The molecule has 25 heavy (non-hydrogen) atoms. The van der Waals surface area contributed by atoms with Gasteiger partial charge in [0.1, 0.15) is 5.03 Å². The standard InChI is InChI=1S/C19H16BrN3OS/c20-15-7-8-18(23-13-15)25-17-6-2-1-5-16(17)19(24)22-11-9-14-4-3-10-21-12-14/h1-8,10,12-13H,9,11H2,(H,22,24).